The van der Waals surface area contributed by atoms with Crippen LogP contribution < -0.4 is 4.74 Å². The summed E-state index contributed by atoms with van der Waals surface area (Å²) >= 11 is 0. The lowest BCUT2D eigenvalue weighted by Crippen LogP contribution is -2.01. The number of pyridine rings is 1. The Labute approximate surface area is 174 Å². The van der Waals surface area contributed by atoms with Crippen LogP contribution in [-0.2, 0) is 14.6 Å². The van der Waals surface area contributed by atoms with E-state index in [0.29, 0.717) is 27.9 Å². The van der Waals surface area contributed by atoms with Gasteiger partial charge in [-0.25, -0.2) is 18.2 Å². The zero-order valence-corrected chi connectivity index (χ0v) is 17.4. The van der Waals surface area contributed by atoms with Crippen LogP contribution in [0.3, 0.4) is 0 Å². The first-order valence-corrected chi connectivity index (χ1v) is 10.7. The Morgan fingerprint density at radius 2 is 1.60 bits per heavy atom. The number of hydrogen-bond donors (Lipinski definition) is 0. The molecule has 0 unspecified atom stereocenters. The molecule has 0 saturated carbocycles. The third kappa shape index (κ3) is 4.16. The predicted molar refractivity (Wildman–Crippen MR) is 111 cm³/mol. The number of sulfone groups is 1. The molecule has 3 rings (SSSR count). The van der Waals surface area contributed by atoms with Gasteiger partial charge < -0.3 is 9.47 Å². The van der Waals surface area contributed by atoms with Crippen LogP contribution in [0, 0.1) is 11.3 Å². The van der Waals surface area contributed by atoms with Gasteiger partial charge in [-0.2, -0.15) is 5.26 Å². The van der Waals surface area contributed by atoms with Crippen LogP contribution in [0.4, 0.5) is 0 Å². The van der Waals surface area contributed by atoms with Crippen molar-refractivity contribution in [2.75, 3.05) is 20.5 Å². The maximum atomic E-state index is 11.8. The molecule has 0 radical (unpaired) electrons. The summed E-state index contributed by atoms with van der Waals surface area (Å²) in [7, 11) is -0.603. The normalized spacial score (nSPS) is 10.9. The maximum absolute atomic E-state index is 11.8. The number of nitrogens with zero attached hydrogens (tertiary/aromatic N) is 2. The molecule has 0 fully saturated rings. The Kier molecular flexibility index (Phi) is 5.85. The van der Waals surface area contributed by atoms with Crippen molar-refractivity contribution < 1.29 is 22.7 Å². The van der Waals surface area contributed by atoms with E-state index in [1.807, 2.05) is 0 Å². The number of esters is 1. The molecule has 0 bridgehead atoms. The summed E-state index contributed by atoms with van der Waals surface area (Å²) in [6.45, 7) is 0. The minimum absolute atomic E-state index is 0.168. The number of benzene rings is 2. The summed E-state index contributed by atoms with van der Waals surface area (Å²) in [6.07, 6.45) is 1.14. The molecule has 0 aliphatic heterocycles. The second-order valence-electron chi connectivity index (χ2n) is 6.42. The molecule has 152 valence electrons. The zero-order chi connectivity index (χ0) is 21.9. The minimum Gasteiger partial charge on any atom is -0.480 e. The molecule has 0 spiro atoms. The van der Waals surface area contributed by atoms with Crippen molar-refractivity contribution in [3.63, 3.8) is 0 Å². The van der Waals surface area contributed by atoms with Gasteiger partial charge in [0.25, 0.3) is 0 Å². The molecular formula is C22H18N2O5S. The van der Waals surface area contributed by atoms with E-state index in [0.717, 1.165) is 6.26 Å². The molecular weight excluding hydrogens is 404 g/mol. The van der Waals surface area contributed by atoms with Crippen LogP contribution in [0.5, 0.6) is 5.88 Å². The van der Waals surface area contributed by atoms with E-state index >= 15 is 0 Å². The average molecular weight is 422 g/mol. The number of carbonyl (C=O) groups is 1. The van der Waals surface area contributed by atoms with Crippen molar-refractivity contribution in [1.82, 2.24) is 4.98 Å². The summed E-state index contributed by atoms with van der Waals surface area (Å²) in [6, 6.07) is 16.7. The van der Waals surface area contributed by atoms with Crippen molar-refractivity contribution in [2.45, 2.75) is 4.90 Å². The summed E-state index contributed by atoms with van der Waals surface area (Å²) in [4.78, 5) is 16.4. The fourth-order valence-electron chi connectivity index (χ4n) is 2.94. The number of rotatable bonds is 5. The minimum atomic E-state index is -3.33. The molecule has 0 aliphatic carbocycles. The molecule has 0 atom stereocenters. The number of hydrogen-bond acceptors (Lipinski definition) is 7. The Balaban J connectivity index is 2.19. The van der Waals surface area contributed by atoms with E-state index in [2.05, 4.69) is 11.1 Å². The highest BCUT2D eigenvalue weighted by atomic mass is 32.2. The van der Waals surface area contributed by atoms with Crippen molar-refractivity contribution in [1.29, 1.82) is 5.26 Å². The highest BCUT2D eigenvalue weighted by Crippen LogP contribution is 2.35. The molecule has 7 nitrogen and oxygen atoms in total. The van der Waals surface area contributed by atoms with Gasteiger partial charge in [0, 0.05) is 17.4 Å². The number of methoxy groups -OCH3 is 2. The van der Waals surface area contributed by atoms with Crippen LogP contribution >= 0.6 is 0 Å². The molecule has 1 heterocycles. The maximum Gasteiger partial charge on any atom is 0.337 e. The van der Waals surface area contributed by atoms with Crippen molar-refractivity contribution in [3.05, 3.63) is 65.7 Å². The van der Waals surface area contributed by atoms with Crippen LogP contribution in [-0.4, -0.2) is 39.8 Å². The SMILES string of the molecule is COC(=O)c1ccc(-c2nc(OC)c(C#N)cc2-c2ccc(S(C)(=O)=O)cc2)cc1. The van der Waals surface area contributed by atoms with E-state index in [1.54, 1.807) is 42.5 Å². The summed E-state index contributed by atoms with van der Waals surface area (Å²) in [5, 5.41) is 9.46. The Hall–Kier alpha value is -3.70. The number of aromatic nitrogens is 1. The smallest absolute Gasteiger partial charge is 0.337 e. The molecule has 0 aliphatic rings. The molecule has 1 aromatic heterocycles. The van der Waals surface area contributed by atoms with Gasteiger partial charge in [-0.1, -0.05) is 24.3 Å². The van der Waals surface area contributed by atoms with Gasteiger partial charge in [-0.15, -0.1) is 0 Å². The van der Waals surface area contributed by atoms with Crippen molar-refractivity contribution in [2.24, 2.45) is 0 Å². The first-order valence-electron chi connectivity index (χ1n) is 8.77. The second-order valence-corrected chi connectivity index (χ2v) is 8.43. The number of nitriles is 1. The summed E-state index contributed by atoms with van der Waals surface area (Å²) in [5.74, 6) is -0.287. The summed E-state index contributed by atoms with van der Waals surface area (Å²) < 4.78 is 33.5. The third-order valence-corrected chi connectivity index (χ3v) is 5.60. The van der Waals surface area contributed by atoms with E-state index in [4.69, 9.17) is 9.47 Å². The van der Waals surface area contributed by atoms with E-state index in [1.165, 1.54) is 26.4 Å². The van der Waals surface area contributed by atoms with E-state index < -0.39 is 15.8 Å². The highest BCUT2D eigenvalue weighted by Gasteiger charge is 2.17. The lowest BCUT2D eigenvalue weighted by atomic mass is 9.97. The topological polar surface area (TPSA) is 106 Å². The van der Waals surface area contributed by atoms with Gasteiger partial charge in [-0.3, -0.25) is 0 Å². The highest BCUT2D eigenvalue weighted by molar-refractivity contribution is 7.90. The molecule has 0 N–H and O–H groups in total. The van der Waals surface area contributed by atoms with Gasteiger partial charge in [0.05, 0.1) is 30.4 Å². The van der Waals surface area contributed by atoms with Crippen LogP contribution in [0.15, 0.2) is 59.5 Å². The molecule has 0 amide bonds. The lowest BCUT2D eigenvalue weighted by Gasteiger charge is -2.13. The van der Waals surface area contributed by atoms with Crippen LogP contribution in [0.1, 0.15) is 15.9 Å². The molecule has 8 heteroatoms. The Morgan fingerprint density at radius 1 is 1.00 bits per heavy atom. The number of ether oxygens (including phenoxy) is 2. The zero-order valence-electron chi connectivity index (χ0n) is 16.5. The fourth-order valence-corrected chi connectivity index (χ4v) is 3.57. The Morgan fingerprint density at radius 3 is 2.10 bits per heavy atom. The average Bonchev–Trinajstić information content (AvgIpc) is 2.77. The number of carbonyl (C=O) groups excluding carboxylic acids is 1. The molecule has 2 aromatic carbocycles. The van der Waals surface area contributed by atoms with Crippen molar-refractivity contribution in [3.8, 4) is 34.3 Å². The molecule has 30 heavy (non-hydrogen) atoms. The van der Waals surface area contributed by atoms with Gasteiger partial charge in [0.2, 0.25) is 5.88 Å². The van der Waals surface area contributed by atoms with Gasteiger partial charge >= 0.3 is 5.97 Å². The van der Waals surface area contributed by atoms with Crippen LogP contribution in [0.25, 0.3) is 22.4 Å². The van der Waals surface area contributed by atoms with Crippen LogP contribution in [0.2, 0.25) is 0 Å². The van der Waals surface area contributed by atoms with E-state index in [-0.39, 0.29) is 16.3 Å². The molecule has 0 saturated heterocycles. The monoisotopic (exact) mass is 422 g/mol. The van der Waals surface area contributed by atoms with Gasteiger partial charge in [-0.05, 0) is 35.9 Å². The Bertz CT molecular complexity index is 1240. The van der Waals surface area contributed by atoms with E-state index in [9.17, 15) is 18.5 Å². The largest absolute Gasteiger partial charge is 0.480 e. The quantitative estimate of drug-likeness (QED) is 0.579. The predicted octanol–water partition coefficient (Wildman–Crippen LogP) is 3.49. The first kappa shape index (κ1) is 21.0. The van der Waals surface area contributed by atoms with Gasteiger partial charge in [0.15, 0.2) is 9.84 Å². The summed E-state index contributed by atoms with van der Waals surface area (Å²) in [5.41, 5.74) is 3.15. The van der Waals surface area contributed by atoms with Gasteiger partial charge in [0.1, 0.15) is 11.6 Å². The second kappa shape index (κ2) is 8.35. The standard InChI is InChI=1S/C22H18N2O5S/c1-28-21-17(13-23)12-19(14-8-10-18(11-9-14)30(3,26)27)20(24-21)15-4-6-16(7-5-15)22(25)29-2/h4-12H,1-3H3. The first-order chi connectivity index (χ1) is 14.3. The third-order valence-electron chi connectivity index (χ3n) is 4.47. The fraction of sp³-hybridized carbons (Fsp3) is 0.136. The van der Waals surface area contributed by atoms with Crippen molar-refractivity contribution >= 4 is 15.8 Å². The lowest BCUT2D eigenvalue weighted by molar-refractivity contribution is 0.0600. The molecule has 3 aromatic rings.